The summed E-state index contributed by atoms with van der Waals surface area (Å²) in [6.45, 7) is 6.59. The summed E-state index contributed by atoms with van der Waals surface area (Å²) in [5.74, 6) is 0.986. The van der Waals surface area contributed by atoms with Gasteiger partial charge in [0.25, 0.3) is 0 Å². The summed E-state index contributed by atoms with van der Waals surface area (Å²) in [6, 6.07) is -0.0478. The van der Waals surface area contributed by atoms with Crippen LogP contribution in [0.1, 0.15) is 55.5 Å². The van der Waals surface area contributed by atoms with Crippen molar-refractivity contribution in [2.75, 3.05) is 12.8 Å². The van der Waals surface area contributed by atoms with Crippen molar-refractivity contribution in [3.8, 4) is 0 Å². The van der Waals surface area contributed by atoms with Gasteiger partial charge in [-0.3, -0.25) is 9.48 Å². The molecule has 142 valence electrons. The Morgan fingerprint density at radius 1 is 1.38 bits per heavy atom. The Hall–Kier alpha value is -1.54. The summed E-state index contributed by atoms with van der Waals surface area (Å²) in [7, 11) is 1.96. The second-order valence-corrected chi connectivity index (χ2v) is 7.98. The van der Waals surface area contributed by atoms with Crippen LogP contribution < -0.4 is 0 Å². The zero-order chi connectivity index (χ0) is 19.0. The fraction of sp³-hybridized carbons (Fsp3) is 0.647. The summed E-state index contributed by atoms with van der Waals surface area (Å²) in [4.78, 5) is 14.9. The van der Waals surface area contributed by atoms with Crippen LogP contribution in [0.5, 0.6) is 0 Å². The normalized spacial score (nSPS) is 18.5. The fourth-order valence-electron chi connectivity index (χ4n) is 3.66. The summed E-state index contributed by atoms with van der Waals surface area (Å²) in [5.41, 5.74) is 1.70. The lowest BCUT2D eigenvalue weighted by Gasteiger charge is -2.25. The molecule has 0 radical (unpaired) electrons. The second kappa shape index (κ2) is 7.60. The van der Waals surface area contributed by atoms with Crippen LogP contribution in [0.3, 0.4) is 0 Å². The fourth-order valence-corrected chi connectivity index (χ4v) is 4.27. The van der Waals surface area contributed by atoms with Crippen molar-refractivity contribution in [2.24, 2.45) is 7.05 Å². The topological polar surface area (TPSA) is 68.8 Å². The Morgan fingerprint density at radius 3 is 2.69 bits per heavy atom. The summed E-state index contributed by atoms with van der Waals surface area (Å²) in [6.07, 6.45) is 4.28. The summed E-state index contributed by atoms with van der Waals surface area (Å²) < 4.78 is 3.85. The molecule has 0 saturated carbocycles. The monoisotopic (exact) mass is 396 g/mol. The third kappa shape index (κ3) is 3.36. The highest BCUT2D eigenvalue weighted by Crippen LogP contribution is 2.33. The lowest BCUT2D eigenvalue weighted by Crippen LogP contribution is -2.33. The molecule has 2 aromatic rings. The highest BCUT2D eigenvalue weighted by molar-refractivity contribution is 7.98. The minimum Gasteiger partial charge on any atom is -0.332 e. The molecule has 1 aliphatic heterocycles. The van der Waals surface area contributed by atoms with E-state index < -0.39 is 0 Å². The van der Waals surface area contributed by atoms with Gasteiger partial charge >= 0.3 is 0 Å². The van der Waals surface area contributed by atoms with Gasteiger partial charge in [-0.05, 0) is 39.9 Å². The molecule has 3 rings (SSSR count). The van der Waals surface area contributed by atoms with Crippen LogP contribution in [0.4, 0.5) is 0 Å². The van der Waals surface area contributed by atoms with Crippen molar-refractivity contribution in [2.45, 2.75) is 57.3 Å². The molecule has 0 N–H and O–H groups in total. The van der Waals surface area contributed by atoms with Gasteiger partial charge in [-0.25, -0.2) is 0 Å². The molecule has 0 unspecified atom stereocenters. The van der Waals surface area contributed by atoms with Crippen molar-refractivity contribution in [3.05, 3.63) is 22.2 Å². The van der Waals surface area contributed by atoms with E-state index in [0.29, 0.717) is 11.4 Å². The van der Waals surface area contributed by atoms with Crippen molar-refractivity contribution in [1.29, 1.82) is 0 Å². The molecule has 1 fully saturated rings. The van der Waals surface area contributed by atoms with Crippen molar-refractivity contribution < 1.29 is 4.79 Å². The molecule has 1 amide bonds. The number of aryl methyl sites for hydroxylation is 1. The van der Waals surface area contributed by atoms with Crippen LogP contribution in [0.2, 0.25) is 5.02 Å². The van der Waals surface area contributed by atoms with Crippen LogP contribution in [0.25, 0.3) is 0 Å². The van der Waals surface area contributed by atoms with E-state index in [1.807, 2.05) is 48.2 Å². The molecular weight excluding hydrogens is 372 g/mol. The molecule has 7 nitrogen and oxygen atoms in total. The first-order valence-corrected chi connectivity index (χ1v) is 10.4. The Bertz CT molecular complexity index is 817. The van der Waals surface area contributed by atoms with Gasteiger partial charge in [-0.2, -0.15) is 5.10 Å². The van der Waals surface area contributed by atoms with Crippen LogP contribution in [-0.4, -0.2) is 48.2 Å². The molecule has 1 aliphatic rings. The molecule has 26 heavy (non-hydrogen) atoms. The van der Waals surface area contributed by atoms with Gasteiger partial charge in [0, 0.05) is 20.0 Å². The maximum atomic E-state index is 13.0. The minimum atomic E-state index is -0.0452. The largest absolute Gasteiger partial charge is 0.332 e. The minimum absolute atomic E-state index is 0.00265. The molecular formula is C17H25ClN6OS. The molecule has 0 spiro atoms. The zero-order valence-corrected chi connectivity index (χ0v) is 17.4. The molecule has 0 bridgehead atoms. The predicted octanol–water partition coefficient (Wildman–Crippen LogP) is 3.32. The highest BCUT2D eigenvalue weighted by Gasteiger charge is 2.34. The van der Waals surface area contributed by atoms with Gasteiger partial charge in [0.2, 0.25) is 5.91 Å². The molecule has 3 heterocycles. The van der Waals surface area contributed by atoms with Gasteiger partial charge in [-0.15, -0.1) is 10.2 Å². The van der Waals surface area contributed by atoms with Crippen LogP contribution in [0, 0.1) is 13.8 Å². The van der Waals surface area contributed by atoms with Crippen LogP contribution in [0.15, 0.2) is 5.16 Å². The number of thioether (sulfide) groups is 1. The number of nitrogens with zero attached hydrogens (tertiary/aromatic N) is 6. The SMILES string of the molecule is CSc1nnc([C@@H]2CCCN2C(=O)C[C@@H](C)n2nc(C)c(Cl)c2C)n1C. The lowest BCUT2D eigenvalue weighted by molar-refractivity contribution is -0.133. The van der Waals surface area contributed by atoms with Gasteiger partial charge in [0.05, 0.1) is 28.5 Å². The summed E-state index contributed by atoms with van der Waals surface area (Å²) >= 11 is 7.80. The second-order valence-electron chi connectivity index (χ2n) is 6.83. The highest BCUT2D eigenvalue weighted by atomic mass is 35.5. The van der Waals surface area contributed by atoms with E-state index in [9.17, 15) is 4.79 Å². The molecule has 2 aromatic heterocycles. The van der Waals surface area contributed by atoms with E-state index in [1.165, 1.54) is 0 Å². The quantitative estimate of drug-likeness (QED) is 0.725. The van der Waals surface area contributed by atoms with Gasteiger partial charge in [0.15, 0.2) is 11.0 Å². The van der Waals surface area contributed by atoms with E-state index in [-0.39, 0.29) is 18.0 Å². The Kier molecular flexibility index (Phi) is 5.62. The predicted molar refractivity (Wildman–Crippen MR) is 103 cm³/mol. The van der Waals surface area contributed by atoms with E-state index in [4.69, 9.17) is 11.6 Å². The Balaban J connectivity index is 1.76. The van der Waals surface area contributed by atoms with Crippen LogP contribution >= 0.6 is 23.4 Å². The number of aromatic nitrogens is 5. The third-order valence-corrected chi connectivity index (χ3v) is 6.31. The number of rotatable bonds is 5. The molecule has 0 aliphatic carbocycles. The average molecular weight is 397 g/mol. The average Bonchev–Trinajstić information content (AvgIpc) is 3.29. The molecule has 0 aromatic carbocycles. The first-order chi connectivity index (χ1) is 12.3. The van der Waals surface area contributed by atoms with Gasteiger partial charge in [0.1, 0.15) is 0 Å². The van der Waals surface area contributed by atoms with Gasteiger partial charge < -0.3 is 9.47 Å². The maximum absolute atomic E-state index is 13.0. The number of halogens is 1. The standard InChI is InChI=1S/C17H25ClN6OS/c1-10(24-12(3)15(18)11(2)21-24)9-14(25)23-8-6-7-13(23)16-19-20-17(26-5)22(16)4/h10,13H,6-9H2,1-5H3/t10-,13+/m1/s1. The Morgan fingerprint density at radius 2 is 2.12 bits per heavy atom. The van der Waals surface area contributed by atoms with E-state index in [0.717, 1.165) is 41.8 Å². The smallest absolute Gasteiger partial charge is 0.225 e. The first-order valence-electron chi connectivity index (χ1n) is 8.79. The van der Waals surface area contributed by atoms with Crippen molar-refractivity contribution in [3.63, 3.8) is 0 Å². The molecule has 9 heteroatoms. The first kappa shape index (κ1) is 19.2. The summed E-state index contributed by atoms with van der Waals surface area (Å²) in [5, 5.41) is 14.6. The van der Waals surface area contributed by atoms with Crippen LogP contribution in [-0.2, 0) is 11.8 Å². The number of hydrogen-bond acceptors (Lipinski definition) is 5. The maximum Gasteiger partial charge on any atom is 0.225 e. The molecule has 2 atom stereocenters. The van der Waals surface area contributed by atoms with Gasteiger partial charge in [-0.1, -0.05) is 23.4 Å². The van der Waals surface area contributed by atoms with E-state index in [2.05, 4.69) is 15.3 Å². The number of carbonyl (C=O) groups is 1. The zero-order valence-electron chi connectivity index (χ0n) is 15.9. The Labute approximate surface area is 163 Å². The van der Waals surface area contributed by atoms with Crippen molar-refractivity contribution in [1.82, 2.24) is 29.4 Å². The number of hydrogen-bond donors (Lipinski definition) is 0. The van der Waals surface area contributed by atoms with E-state index in [1.54, 1.807) is 11.8 Å². The van der Waals surface area contributed by atoms with E-state index >= 15 is 0 Å². The lowest BCUT2D eigenvalue weighted by atomic mass is 10.1. The van der Waals surface area contributed by atoms with Crippen molar-refractivity contribution >= 4 is 29.3 Å². The number of amides is 1. The number of likely N-dealkylation sites (tertiary alicyclic amines) is 1. The third-order valence-electron chi connectivity index (χ3n) is 5.05. The molecule has 1 saturated heterocycles. The number of carbonyl (C=O) groups excluding carboxylic acids is 1.